The largest absolute Gasteiger partial charge is 0.359 e. The number of fused-ring (bicyclic) bond motifs is 2. The maximum absolute atomic E-state index is 4.82. The van der Waals surface area contributed by atoms with Gasteiger partial charge >= 0.3 is 0 Å². The van der Waals surface area contributed by atoms with Gasteiger partial charge in [-0.15, -0.1) is 0 Å². The molecule has 1 aromatic heterocycles. The van der Waals surface area contributed by atoms with Crippen LogP contribution in [0.5, 0.6) is 0 Å². The van der Waals surface area contributed by atoms with E-state index in [0.29, 0.717) is 6.04 Å². The summed E-state index contributed by atoms with van der Waals surface area (Å²) in [5, 5.41) is 4.80. The topological polar surface area (TPSA) is 24.9 Å². The summed E-state index contributed by atoms with van der Waals surface area (Å²) in [6.45, 7) is 0. The Morgan fingerprint density at radius 3 is 2.50 bits per heavy atom. The predicted octanol–water partition coefficient (Wildman–Crippen LogP) is 4.92. The number of rotatable bonds is 2. The van der Waals surface area contributed by atoms with Crippen LogP contribution in [0, 0.1) is 0 Å². The molecule has 1 N–H and O–H groups in total. The maximum atomic E-state index is 4.82. The van der Waals surface area contributed by atoms with Crippen molar-refractivity contribution >= 4 is 26.7 Å². The zero-order valence-corrected chi connectivity index (χ0v) is 12.8. The Morgan fingerprint density at radius 1 is 0.950 bits per heavy atom. The van der Waals surface area contributed by atoms with Crippen LogP contribution in [0.25, 0.3) is 10.2 Å². The fourth-order valence-electron chi connectivity index (χ4n) is 3.64. The Hall–Kier alpha value is -1.09. The predicted molar refractivity (Wildman–Crippen MR) is 86.8 cm³/mol. The van der Waals surface area contributed by atoms with Crippen LogP contribution in [0.15, 0.2) is 12.1 Å². The summed E-state index contributed by atoms with van der Waals surface area (Å²) >= 11 is 1.84. The minimum atomic E-state index is 0.652. The second-order valence-electron chi connectivity index (χ2n) is 6.29. The summed E-state index contributed by atoms with van der Waals surface area (Å²) in [6.07, 6.45) is 12.0. The first-order valence-electron chi connectivity index (χ1n) is 8.07. The molecule has 2 aliphatic carbocycles. The molecule has 0 saturated heterocycles. The van der Waals surface area contributed by atoms with Crippen molar-refractivity contribution in [3.05, 3.63) is 23.3 Å². The van der Waals surface area contributed by atoms with Crippen molar-refractivity contribution in [2.45, 2.75) is 63.8 Å². The summed E-state index contributed by atoms with van der Waals surface area (Å²) in [5.74, 6) is 0. The zero-order valence-electron chi connectivity index (χ0n) is 12.0. The van der Waals surface area contributed by atoms with Crippen molar-refractivity contribution in [3.8, 4) is 0 Å². The van der Waals surface area contributed by atoms with Crippen LogP contribution < -0.4 is 5.32 Å². The number of nitrogens with zero attached hydrogens (tertiary/aromatic N) is 1. The van der Waals surface area contributed by atoms with Gasteiger partial charge in [-0.05, 0) is 61.8 Å². The van der Waals surface area contributed by atoms with E-state index in [1.165, 1.54) is 68.0 Å². The molecule has 0 radical (unpaired) electrons. The molecule has 0 aliphatic heterocycles. The molecule has 20 heavy (non-hydrogen) atoms. The normalized spacial score (nSPS) is 20.0. The van der Waals surface area contributed by atoms with E-state index in [2.05, 4.69) is 17.4 Å². The number of anilines is 1. The number of hydrogen-bond donors (Lipinski definition) is 1. The van der Waals surface area contributed by atoms with E-state index in [1.54, 1.807) is 11.1 Å². The van der Waals surface area contributed by atoms with Crippen LogP contribution in [-0.2, 0) is 12.8 Å². The van der Waals surface area contributed by atoms with E-state index in [9.17, 15) is 0 Å². The molecule has 1 heterocycles. The van der Waals surface area contributed by atoms with Gasteiger partial charge in [0.25, 0.3) is 0 Å². The number of benzene rings is 1. The van der Waals surface area contributed by atoms with E-state index in [0.717, 1.165) is 5.13 Å². The first kappa shape index (κ1) is 12.6. The Labute approximate surface area is 124 Å². The second-order valence-corrected chi connectivity index (χ2v) is 7.32. The Balaban J connectivity index is 1.61. The molecule has 2 nitrogen and oxygen atoms in total. The lowest BCUT2D eigenvalue weighted by Gasteiger charge is -2.22. The first-order chi connectivity index (χ1) is 9.88. The molecule has 1 saturated carbocycles. The fraction of sp³-hybridized carbons (Fsp3) is 0.588. The molecule has 2 aliphatic rings. The highest BCUT2D eigenvalue weighted by atomic mass is 32.1. The van der Waals surface area contributed by atoms with Crippen molar-refractivity contribution in [1.29, 1.82) is 0 Å². The zero-order chi connectivity index (χ0) is 13.4. The summed E-state index contributed by atoms with van der Waals surface area (Å²) in [5.41, 5.74) is 4.31. The summed E-state index contributed by atoms with van der Waals surface area (Å²) in [7, 11) is 0. The quantitative estimate of drug-likeness (QED) is 0.847. The van der Waals surface area contributed by atoms with Gasteiger partial charge in [0.05, 0.1) is 10.2 Å². The monoisotopic (exact) mass is 286 g/mol. The number of nitrogens with one attached hydrogen (secondary N) is 1. The molecular formula is C17H22N2S. The van der Waals surface area contributed by atoms with Crippen LogP contribution in [0.1, 0.15) is 56.1 Å². The molecule has 106 valence electrons. The van der Waals surface area contributed by atoms with Gasteiger partial charge < -0.3 is 5.32 Å². The Morgan fingerprint density at radius 2 is 1.70 bits per heavy atom. The van der Waals surface area contributed by atoms with Crippen molar-refractivity contribution < 1.29 is 0 Å². The lowest BCUT2D eigenvalue weighted by atomic mass is 9.92. The Bertz CT molecular complexity index is 568. The third-order valence-electron chi connectivity index (χ3n) is 4.78. The van der Waals surface area contributed by atoms with Gasteiger partial charge in [0.1, 0.15) is 0 Å². The third kappa shape index (κ3) is 2.44. The standard InChI is InChI=1S/C17H22N2S/c1-2-8-14(9-3-1)18-17-19-15-10-12-6-4-5-7-13(12)11-16(15)20-17/h10-11,14H,1-9H2,(H,18,19). The van der Waals surface area contributed by atoms with Gasteiger partial charge in [0.15, 0.2) is 5.13 Å². The van der Waals surface area contributed by atoms with Gasteiger partial charge in [-0.2, -0.15) is 0 Å². The second kappa shape index (κ2) is 5.36. The molecule has 0 bridgehead atoms. The van der Waals surface area contributed by atoms with Crippen molar-refractivity contribution in [2.75, 3.05) is 5.32 Å². The molecule has 0 atom stereocenters. The molecule has 4 rings (SSSR count). The summed E-state index contributed by atoms with van der Waals surface area (Å²) in [6, 6.07) is 5.39. The van der Waals surface area contributed by atoms with Gasteiger partial charge in [0, 0.05) is 6.04 Å². The van der Waals surface area contributed by atoms with E-state index in [1.807, 2.05) is 11.3 Å². The van der Waals surface area contributed by atoms with Crippen LogP contribution in [-0.4, -0.2) is 11.0 Å². The van der Waals surface area contributed by atoms with Gasteiger partial charge in [-0.3, -0.25) is 0 Å². The maximum Gasteiger partial charge on any atom is 0.184 e. The lowest BCUT2D eigenvalue weighted by Crippen LogP contribution is -2.21. The van der Waals surface area contributed by atoms with Crippen LogP contribution in [0.3, 0.4) is 0 Å². The van der Waals surface area contributed by atoms with E-state index in [-0.39, 0.29) is 0 Å². The van der Waals surface area contributed by atoms with Crippen LogP contribution >= 0.6 is 11.3 Å². The molecular weight excluding hydrogens is 264 g/mol. The molecule has 1 fully saturated rings. The molecule has 0 spiro atoms. The van der Waals surface area contributed by atoms with Gasteiger partial charge in [-0.25, -0.2) is 4.98 Å². The minimum Gasteiger partial charge on any atom is -0.359 e. The highest BCUT2D eigenvalue weighted by molar-refractivity contribution is 7.22. The molecule has 0 amide bonds. The van der Waals surface area contributed by atoms with Crippen LogP contribution in [0.2, 0.25) is 0 Å². The summed E-state index contributed by atoms with van der Waals surface area (Å²) < 4.78 is 1.36. The van der Waals surface area contributed by atoms with Crippen molar-refractivity contribution in [3.63, 3.8) is 0 Å². The van der Waals surface area contributed by atoms with E-state index in [4.69, 9.17) is 4.98 Å². The smallest absolute Gasteiger partial charge is 0.184 e. The molecule has 0 unspecified atom stereocenters. The fourth-order valence-corrected chi connectivity index (χ4v) is 4.63. The minimum absolute atomic E-state index is 0.652. The molecule has 2 aromatic rings. The lowest BCUT2D eigenvalue weighted by molar-refractivity contribution is 0.462. The van der Waals surface area contributed by atoms with Crippen molar-refractivity contribution in [1.82, 2.24) is 4.98 Å². The van der Waals surface area contributed by atoms with Gasteiger partial charge in [0.2, 0.25) is 0 Å². The van der Waals surface area contributed by atoms with Crippen LogP contribution in [0.4, 0.5) is 5.13 Å². The summed E-state index contributed by atoms with van der Waals surface area (Å²) in [4.78, 5) is 4.82. The molecule has 3 heteroatoms. The highest BCUT2D eigenvalue weighted by Gasteiger charge is 2.16. The third-order valence-corrected chi connectivity index (χ3v) is 5.73. The number of thiazole rings is 1. The highest BCUT2D eigenvalue weighted by Crippen LogP contribution is 2.33. The van der Waals surface area contributed by atoms with E-state index >= 15 is 0 Å². The van der Waals surface area contributed by atoms with Crippen molar-refractivity contribution in [2.24, 2.45) is 0 Å². The van der Waals surface area contributed by atoms with E-state index < -0.39 is 0 Å². The SMILES string of the molecule is c1c2c(cc3sc(NC4CCCCC4)nc13)CCCC2. The first-order valence-corrected chi connectivity index (χ1v) is 8.89. The number of hydrogen-bond acceptors (Lipinski definition) is 3. The average Bonchev–Trinajstić information content (AvgIpc) is 2.86. The van der Waals surface area contributed by atoms with Gasteiger partial charge in [-0.1, -0.05) is 30.6 Å². The Kier molecular flexibility index (Phi) is 3.39. The molecule has 1 aromatic carbocycles. The number of aryl methyl sites for hydroxylation is 2. The number of aromatic nitrogens is 1. The average molecular weight is 286 g/mol.